The van der Waals surface area contributed by atoms with Crippen LogP contribution in [-0.2, 0) is 0 Å². The Morgan fingerprint density at radius 3 is 2.65 bits per heavy atom. The minimum atomic E-state index is -0.523. The molecule has 0 radical (unpaired) electrons. The van der Waals surface area contributed by atoms with E-state index in [4.69, 9.17) is 11.6 Å². The van der Waals surface area contributed by atoms with Crippen LogP contribution in [0.15, 0.2) is 54.6 Å². The number of rotatable bonds is 3. The summed E-state index contributed by atoms with van der Waals surface area (Å²) in [7, 11) is 0. The normalized spacial score (nSPS) is 10.6. The molecular formula is C17H13ClFN3O. The van der Waals surface area contributed by atoms with Crippen LogP contribution in [0.3, 0.4) is 0 Å². The highest BCUT2D eigenvalue weighted by atomic mass is 35.5. The number of benzene rings is 2. The molecule has 23 heavy (non-hydrogen) atoms. The van der Waals surface area contributed by atoms with Gasteiger partial charge in [0.05, 0.1) is 16.3 Å². The van der Waals surface area contributed by atoms with E-state index in [1.807, 2.05) is 37.3 Å². The van der Waals surface area contributed by atoms with E-state index in [2.05, 4.69) is 10.4 Å². The van der Waals surface area contributed by atoms with Gasteiger partial charge in [-0.05, 0) is 37.3 Å². The molecule has 3 aromatic rings. The van der Waals surface area contributed by atoms with Gasteiger partial charge < -0.3 is 5.32 Å². The topological polar surface area (TPSA) is 46.9 Å². The molecule has 0 saturated carbocycles. The molecule has 116 valence electrons. The van der Waals surface area contributed by atoms with Crippen molar-refractivity contribution in [2.45, 2.75) is 6.92 Å². The third-order valence-corrected chi connectivity index (χ3v) is 3.63. The van der Waals surface area contributed by atoms with E-state index in [-0.39, 0.29) is 10.6 Å². The van der Waals surface area contributed by atoms with Gasteiger partial charge >= 0.3 is 0 Å². The highest BCUT2D eigenvalue weighted by Gasteiger charge is 2.14. The number of hydrogen-bond donors (Lipinski definition) is 1. The van der Waals surface area contributed by atoms with Crippen molar-refractivity contribution >= 4 is 23.3 Å². The maximum atomic E-state index is 13.3. The lowest BCUT2D eigenvalue weighted by atomic mass is 10.2. The summed E-state index contributed by atoms with van der Waals surface area (Å²) in [4.78, 5) is 12.2. The standard InChI is InChI=1S/C17H13ClFN3O/c1-11-9-16(21-22(11)13-5-3-2-4-6-13)20-17(23)14-10-12(19)7-8-15(14)18/h2-10H,1H3,(H,20,21,23). The van der Waals surface area contributed by atoms with Gasteiger partial charge in [-0.3, -0.25) is 4.79 Å². The number of amides is 1. The molecule has 2 aromatic carbocycles. The Morgan fingerprint density at radius 1 is 1.17 bits per heavy atom. The van der Waals surface area contributed by atoms with Crippen LogP contribution in [0.2, 0.25) is 5.02 Å². The first kappa shape index (κ1) is 15.2. The van der Waals surface area contributed by atoms with Gasteiger partial charge in [0.1, 0.15) is 5.82 Å². The van der Waals surface area contributed by atoms with Gasteiger partial charge in [0, 0.05) is 11.8 Å². The fourth-order valence-electron chi connectivity index (χ4n) is 2.22. The number of aryl methyl sites for hydroxylation is 1. The summed E-state index contributed by atoms with van der Waals surface area (Å²) in [5.41, 5.74) is 1.81. The first-order valence-electron chi connectivity index (χ1n) is 6.93. The summed E-state index contributed by atoms with van der Waals surface area (Å²) in [5, 5.41) is 7.16. The Morgan fingerprint density at radius 2 is 1.91 bits per heavy atom. The molecule has 1 N–H and O–H groups in total. The predicted octanol–water partition coefficient (Wildman–Crippen LogP) is 4.23. The van der Waals surface area contributed by atoms with Crippen LogP contribution >= 0.6 is 11.6 Å². The third-order valence-electron chi connectivity index (χ3n) is 3.30. The SMILES string of the molecule is Cc1cc(NC(=O)c2cc(F)ccc2Cl)nn1-c1ccccc1. The van der Waals surface area contributed by atoms with Crippen LogP contribution in [-0.4, -0.2) is 15.7 Å². The van der Waals surface area contributed by atoms with Crippen molar-refractivity contribution < 1.29 is 9.18 Å². The van der Waals surface area contributed by atoms with Crippen molar-refractivity contribution in [1.82, 2.24) is 9.78 Å². The molecule has 0 aliphatic heterocycles. The molecule has 0 aliphatic carbocycles. The van der Waals surface area contributed by atoms with E-state index in [0.717, 1.165) is 17.4 Å². The minimum Gasteiger partial charge on any atom is -0.305 e. The molecule has 0 aliphatic rings. The Labute approximate surface area is 137 Å². The van der Waals surface area contributed by atoms with E-state index in [9.17, 15) is 9.18 Å². The van der Waals surface area contributed by atoms with E-state index < -0.39 is 11.7 Å². The van der Waals surface area contributed by atoms with Gasteiger partial charge in [-0.25, -0.2) is 9.07 Å². The van der Waals surface area contributed by atoms with E-state index in [1.165, 1.54) is 12.1 Å². The zero-order chi connectivity index (χ0) is 16.4. The van der Waals surface area contributed by atoms with Crippen molar-refractivity contribution in [3.05, 3.63) is 76.7 Å². The summed E-state index contributed by atoms with van der Waals surface area (Å²) in [6.07, 6.45) is 0. The summed E-state index contributed by atoms with van der Waals surface area (Å²) < 4.78 is 15.0. The molecular weight excluding hydrogens is 317 g/mol. The minimum absolute atomic E-state index is 0.0681. The maximum absolute atomic E-state index is 13.3. The highest BCUT2D eigenvalue weighted by molar-refractivity contribution is 6.34. The largest absolute Gasteiger partial charge is 0.305 e. The lowest BCUT2D eigenvalue weighted by Gasteiger charge is -2.05. The second kappa shape index (κ2) is 6.22. The average molecular weight is 330 g/mol. The van der Waals surface area contributed by atoms with E-state index >= 15 is 0 Å². The fourth-order valence-corrected chi connectivity index (χ4v) is 2.42. The van der Waals surface area contributed by atoms with Gasteiger partial charge in [0.15, 0.2) is 5.82 Å². The van der Waals surface area contributed by atoms with Crippen molar-refractivity contribution in [3.8, 4) is 5.69 Å². The van der Waals surface area contributed by atoms with Gasteiger partial charge in [-0.15, -0.1) is 5.10 Å². The van der Waals surface area contributed by atoms with Crippen molar-refractivity contribution in [2.24, 2.45) is 0 Å². The molecule has 0 spiro atoms. The number of nitrogens with zero attached hydrogens (tertiary/aromatic N) is 2. The Kier molecular flexibility index (Phi) is 4.12. The Balaban J connectivity index is 1.87. The first-order chi connectivity index (χ1) is 11.0. The Bertz CT molecular complexity index is 862. The molecule has 6 heteroatoms. The van der Waals surface area contributed by atoms with Crippen molar-refractivity contribution in [2.75, 3.05) is 5.32 Å². The molecule has 1 aromatic heterocycles. The van der Waals surface area contributed by atoms with Crippen molar-refractivity contribution in [1.29, 1.82) is 0 Å². The van der Waals surface area contributed by atoms with Crippen LogP contribution in [0.1, 0.15) is 16.1 Å². The average Bonchev–Trinajstić information content (AvgIpc) is 2.91. The first-order valence-corrected chi connectivity index (χ1v) is 7.31. The predicted molar refractivity (Wildman–Crippen MR) is 87.7 cm³/mol. The quantitative estimate of drug-likeness (QED) is 0.781. The van der Waals surface area contributed by atoms with Gasteiger partial charge in [0.25, 0.3) is 5.91 Å². The number of anilines is 1. The second-order valence-electron chi connectivity index (χ2n) is 5.00. The van der Waals surface area contributed by atoms with Crippen LogP contribution in [0.4, 0.5) is 10.2 Å². The summed E-state index contributed by atoms with van der Waals surface area (Å²) in [5.74, 6) is -0.658. The van der Waals surface area contributed by atoms with Gasteiger partial charge in [-0.1, -0.05) is 29.8 Å². The molecule has 0 fully saturated rings. The molecule has 0 saturated heterocycles. The molecule has 0 unspecified atom stereocenters. The molecule has 1 heterocycles. The number of nitrogens with one attached hydrogen (secondary N) is 1. The van der Waals surface area contributed by atoms with Crippen LogP contribution < -0.4 is 5.32 Å². The summed E-state index contributed by atoms with van der Waals surface area (Å²) in [6, 6.07) is 14.9. The molecule has 1 amide bonds. The third kappa shape index (κ3) is 3.24. The number of para-hydroxylation sites is 1. The van der Waals surface area contributed by atoms with Gasteiger partial charge in [0.2, 0.25) is 0 Å². The number of carbonyl (C=O) groups is 1. The van der Waals surface area contributed by atoms with E-state index in [0.29, 0.717) is 5.82 Å². The zero-order valence-corrected chi connectivity index (χ0v) is 13.0. The molecule has 3 rings (SSSR count). The number of halogens is 2. The van der Waals surface area contributed by atoms with Crippen LogP contribution in [0.25, 0.3) is 5.69 Å². The molecule has 0 atom stereocenters. The summed E-state index contributed by atoms with van der Waals surface area (Å²) >= 11 is 5.94. The zero-order valence-electron chi connectivity index (χ0n) is 12.3. The van der Waals surface area contributed by atoms with Crippen molar-refractivity contribution in [3.63, 3.8) is 0 Å². The monoisotopic (exact) mass is 329 g/mol. The smallest absolute Gasteiger partial charge is 0.258 e. The number of hydrogen-bond acceptors (Lipinski definition) is 2. The van der Waals surface area contributed by atoms with Gasteiger partial charge in [-0.2, -0.15) is 0 Å². The van der Waals surface area contributed by atoms with Crippen LogP contribution in [0.5, 0.6) is 0 Å². The fraction of sp³-hybridized carbons (Fsp3) is 0.0588. The highest BCUT2D eigenvalue weighted by Crippen LogP contribution is 2.20. The number of aromatic nitrogens is 2. The lowest BCUT2D eigenvalue weighted by molar-refractivity contribution is 0.102. The summed E-state index contributed by atoms with van der Waals surface area (Å²) in [6.45, 7) is 1.88. The van der Waals surface area contributed by atoms with E-state index in [1.54, 1.807) is 10.7 Å². The lowest BCUT2D eigenvalue weighted by Crippen LogP contribution is -2.13. The molecule has 4 nitrogen and oxygen atoms in total. The van der Waals surface area contributed by atoms with Crippen LogP contribution in [0, 0.1) is 12.7 Å². The molecule has 0 bridgehead atoms. The Hall–Kier alpha value is -2.66. The second-order valence-corrected chi connectivity index (χ2v) is 5.40. The maximum Gasteiger partial charge on any atom is 0.258 e. The number of carbonyl (C=O) groups excluding carboxylic acids is 1.